The Morgan fingerprint density at radius 3 is 2.59 bits per heavy atom. The summed E-state index contributed by atoms with van der Waals surface area (Å²) in [7, 11) is 0. The van der Waals surface area contributed by atoms with E-state index < -0.39 is 0 Å². The third-order valence-electron chi connectivity index (χ3n) is 2.50. The van der Waals surface area contributed by atoms with E-state index in [2.05, 4.69) is 46.8 Å². The maximum Gasteiger partial charge on any atom is 0.103 e. The molecule has 0 N–H and O–H groups in total. The number of rotatable bonds is 4. The molecule has 0 amide bonds. The van der Waals surface area contributed by atoms with Gasteiger partial charge < -0.3 is 4.90 Å². The van der Waals surface area contributed by atoms with Gasteiger partial charge in [0.1, 0.15) is 6.07 Å². The van der Waals surface area contributed by atoms with Crippen molar-refractivity contribution in [1.29, 1.82) is 10.5 Å². The predicted octanol–water partition coefficient (Wildman–Crippen LogP) is 3.45. The van der Waals surface area contributed by atoms with Gasteiger partial charge in [0.2, 0.25) is 0 Å². The monoisotopic (exact) mass is 291 g/mol. The normalized spacial score (nSPS) is 9.76. The summed E-state index contributed by atoms with van der Waals surface area (Å²) in [6.07, 6.45) is 0.454. The molecule has 4 heteroatoms. The molecule has 0 aliphatic rings. The molecule has 0 radical (unpaired) electrons. The van der Waals surface area contributed by atoms with E-state index in [1.54, 1.807) is 0 Å². The predicted molar refractivity (Wildman–Crippen MR) is 71.6 cm³/mol. The highest BCUT2D eigenvalue weighted by Crippen LogP contribution is 2.28. The first-order valence-electron chi connectivity index (χ1n) is 5.44. The molecule has 0 atom stereocenters. The molecule has 0 unspecified atom stereocenters. The fourth-order valence-corrected chi connectivity index (χ4v) is 2.13. The first-order valence-corrected chi connectivity index (χ1v) is 6.23. The number of anilines is 1. The van der Waals surface area contributed by atoms with Crippen molar-refractivity contribution in [2.24, 2.45) is 0 Å². The second-order valence-electron chi connectivity index (χ2n) is 3.94. The third-order valence-corrected chi connectivity index (χ3v) is 3.16. The zero-order valence-electron chi connectivity index (χ0n) is 9.94. The minimum absolute atomic E-state index is 0.254. The largest absolute Gasteiger partial charge is 0.367 e. The number of benzene rings is 1. The molecule has 1 aromatic rings. The Morgan fingerprint density at radius 2 is 2.06 bits per heavy atom. The Bertz CT molecular complexity index is 469. The molecule has 88 valence electrons. The van der Waals surface area contributed by atoms with Crippen molar-refractivity contribution in [2.45, 2.75) is 26.3 Å². The summed E-state index contributed by atoms with van der Waals surface area (Å²) in [4.78, 5) is 2.08. The van der Waals surface area contributed by atoms with Crippen LogP contribution in [0.5, 0.6) is 0 Å². The van der Waals surface area contributed by atoms with Crippen LogP contribution < -0.4 is 4.90 Å². The Morgan fingerprint density at radius 1 is 1.35 bits per heavy atom. The Balaban J connectivity index is 3.15. The van der Waals surface area contributed by atoms with Gasteiger partial charge in [0.25, 0.3) is 0 Å². The molecule has 3 nitrogen and oxygen atoms in total. The molecule has 0 aliphatic carbocycles. The fraction of sp³-hybridized carbons (Fsp3) is 0.385. The van der Waals surface area contributed by atoms with E-state index in [1.807, 2.05) is 18.2 Å². The lowest BCUT2D eigenvalue weighted by molar-refractivity contribution is 0.686. The van der Waals surface area contributed by atoms with Crippen LogP contribution in [0.1, 0.15) is 25.8 Å². The zero-order chi connectivity index (χ0) is 12.8. The van der Waals surface area contributed by atoms with E-state index in [9.17, 15) is 5.26 Å². The van der Waals surface area contributed by atoms with Crippen molar-refractivity contribution in [3.8, 4) is 12.1 Å². The molecule has 17 heavy (non-hydrogen) atoms. The topological polar surface area (TPSA) is 50.8 Å². The maximum absolute atomic E-state index is 9.18. The molecule has 0 spiro atoms. The van der Waals surface area contributed by atoms with Crippen molar-refractivity contribution in [3.63, 3.8) is 0 Å². The van der Waals surface area contributed by atoms with Crippen LogP contribution in [0.3, 0.4) is 0 Å². The summed E-state index contributed by atoms with van der Waals surface area (Å²) in [6, 6.07) is 10.3. The summed E-state index contributed by atoms with van der Waals surface area (Å²) in [5.74, 6) is 0. The number of hydrogen-bond acceptors (Lipinski definition) is 3. The van der Waals surface area contributed by atoms with Gasteiger partial charge in [-0.25, -0.2) is 0 Å². The Hall–Kier alpha value is -1.52. The van der Waals surface area contributed by atoms with Crippen LogP contribution in [0.4, 0.5) is 5.69 Å². The van der Waals surface area contributed by atoms with Gasteiger partial charge in [-0.3, -0.25) is 0 Å². The molecule has 0 fully saturated rings. The minimum atomic E-state index is 0.254. The zero-order valence-corrected chi connectivity index (χ0v) is 11.5. The van der Waals surface area contributed by atoms with Crippen LogP contribution in [0, 0.1) is 22.7 Å². The van der Waals surface area contributed by atoms with Gasteiger partial charge in [-0.2, -0.15) is 10.5 Å². The number of nitrogens with zero attached hydrogens (tertiary/aromatic N) is 3. The van der Waals surface area contributed by atoms with Crippen LogP contribution in [0.2, 0.25) is 0 Å². The van der Waals surface area contributed by atoms with Crippen molar-refractivity contribution >= 4 is 21.6 Å². The molecule has 0 heterocycles. The van der Waals surface area contributed by atoms with E-state index in [-0.39, 0.29) is 6.04 Å². The lowest BCUT2D eigenvalue weighted by Gasteiger charge is -2.29. The quantitative estimate of drug-likeness (QED) is 0.854. The van der Waals surface area contributed by atoms with Gasteiger partial charge in [-0.1, -0.05) is 6.07 Å². The van der Waals surface area contributed by atoms with Gasteiger partial charge >= 0.3 is 0 Å². The van der Waals surface area contributed by atoms with Crippen molar-refractivity contribution < 1.29 is 0 Å². The fourth-order valence-electron chi connectivity index (χ4n) is 1.69. The van der Waals surface area contributed by atoms with Crippen molar-refractivity contribution in [2.75, 3.05) is 11.4 Å². The maximum atomic E-state index is 9.18. The molecule has 0 aliphatic heterocycles. The first kappa shape index (κ1) is 13.5. The van der Waals surface area contributed by atoms with E-state index in [4.69, 9.17) is 5.26 Å². The lowest BCUT2D eigenvalue weighted by atomic mass is 10.1. The summed E-state index contributed by atoms with van der Waals surface area (Å²) in [5, 5.41) is 17.9. The first-order chi connectivity index (χ1) is 8.11. The summed E-state index contributed by atoms with van der Waals surface area (Å²) in [5.41, 5.74) is 1.51. The third kappa shape index (κ3) is 3.22. The standard InChI is InChI=1S/C13H14BrN3/c1-10(2)17(8-4-7-15)13-6-3-5-12(14)11(13)9-16/h3,5-6,10H,4,8H2,1-2H3. The van der Waals surface area contributed by atoms with Crippen LogP contribution in [-0.2, 0) is 0 Å². The highest BCUT2D eigenvalue weighted by atomic mass is 79.9. The number of nitriles is 2. The second kappa shape index (κ2) is 6.27. The molecule has 1 rings (SSSR count). The summed E-state index contributed by atoms with van der Waals surface area (Å²) >= 11 is 3.38. The van der Waals surface area contributed by atoms with Gasteiger partial charge in [-0.15, -0.1) is 0 Å². The SMILES string of the molecule is CC(C)N(CCC#N)c1cccc(Br)c1C#N. The van der Waals surface area contributed by atoms with E-state index in [1.165, 1.54) is 0 Å². The molecular formula is C13H14BrN3. The van der Waals surface area contributed by atoms with Gasteiger partial charge in [-0.05, 0) is 41.9 Å². The highest BCUT2D eigenvalue weighted by molar-refractivity contribution is 9.10. The molecule has 0 bridgehead atoms. The Kier molecular flexibility index (Phi) is 5.00. The van der Waals surface area contributed by atoms with Crippen molar-refractivity contribution in [1.82, 2.24) is 0 Å². The van der Waals surface area contributed by atoms with Gasteiger partial charge in [0.15, 0.2) is 0 Å². The van der Waals surface area contributed by atoms with Crippen LogP contribution >= 0.6 is 15.9 Å². The van der Waals surface area contributed by atoms with E-state index in [0.717, 1.165) is 10.2 Å². The van der Waals surface area contributed by atoms with Gasteiger partial charge in [0, 0.05) is 17.1 Å². The second-order valence-corrected chi connectivity index (χ2v) is 4.80. The molecule has 0 saturated carbocycles. The smallest absolute Gasteiger partial charge is 0.103 e. The van der Waals surface area contributed by atoms with Crippen LogP contribution in [-0.4, -0.2) is 12.6 Å². The Labute approximate surface area is 110 Å². The number of halogens is 1. The van der Waals surface area contributed by atoms with Gasteiger partial charge in [0.05, 0.1) is 23.7 Å². The lowest BCUT2D eigenvalue weighted by Crippen LogP contribution is -2.32. The average molecular weight is 292 g/mol. The van der Waals surface area contributed by atoms with Crippen LogP contribution in [0.25, 0.3) is 0 Å². The van der Waals surface area contributed by atoms with E-state index in [0.29, 0.717) is 18.5 Å². The summed E-state index contributed by atoms with van der Waals surface area (Å²) in [6.45, 7) is 4.75. The van der Waals surface area contributed by atoms with E-state index >= 15 is 0 Å². The van der Waals surface area contributed by atoms with Crippen molar-refractivity contribution in [3.05, 3.63) is 28.2 Å². The number of hydrogen-bond donors (Lipinski definition) is 0. The molecule has 1 aromatic carbocycles. The molecular weight excluding hydrogens is 278 g/mol. The van der Waals surface area contributed by atoms with Crippen LogP contribution in [0.15, 0.2) is 22.7 Å². The molecule has 0 saturated heterocycles. The molecule has 0 aromatic heterocycles. The highest BCUT2D eigenvalue weighted by Gasteiger charge is 2.15. The average Bonchev–Trinajstić information content (AvgIpc) is 2.29. The minimum Gasteiger partial charge on any atom is -0.367 e. The summed E-state index contributed by atoms with van der Waals surface area (Å²) < 4.78 is 0.792.